The summed E-state index contributed by atoms with van der Waals surface area (Å²) in [5, 5.41) is 0. The minimum atomic E-state index is -3.43. The Bertz CT molecular complexity index is 557. The Kier molecular flexibility index (Phi) is 5.46. The fourth-order valence-electron chi connectivity index (χ4n) is 2.96. The molecule has 0 amide bonds. The molecular formula is C15H27N3O2S. The predicted octanol–water partition coefficient (Wildman–Crippen LogP) is 2.21. The lowest BCUT2D eigenvalue weighted by molar-refractivity contribution is 0.332. The Hall–Kier alpha value is -0.850. The van der Waals surface area contributed by atoms with Crippen LogP contribution in [0.2, 0.25) is 0 Å². The standard InChI is InChI=1S/C15H27N3O2S/c1-3-8-18-11-15(9-14(18)10-16)21(19,20)17-13-6-4-12(2)5-7-13/h9,11-13,17H,3-8,10,16H2,1-2H3. The van der Waals surface area contributed by atoms with E-state index in [2.05, 4.69) is 18.6 Å². The first-order valence-electron chi connectivity index (χ1n) is 7.87. The zero-order valence-electron chi connectivity index (χ0n) is 13.0. The third-order valence-corrected chi connectivity index (χ3v) is 5.77. The van der Waals surface area contributed by atoms with Gasteiger partial charge in [-0.3, -0.25) is 0 Å². The molecule has 0 radical (unpaired) electrons. The molecule has 0 spiro atoms. The fourth-order valence-corrected chi connectivity index (χ4v) is 4.33. The van der Waals surface area contributed by atoms with Gasteiger partial charge in [0.15, 0.2) is 0 Å². The van der Waals surface area contributed by atoms with Crippen LogP contribution in [0, 0.1) is 5.92 Å². The summed E-state index contributed by atoms with van der Waals surface area (Å²) in [4.78, 5) is 0.343. The number of hydrogen-bond acceptors (Lipinski definition) is 3. The zero-order chi connectivity index (χ0) is 15.5. The number of rotatable bonds is 6. The number of hydrogen-bond donors (Lipinski definition) is 2. The van der Waals surface area contributed by atoms with Gasteiger partial charge in [0.2, 0.25) is 10.0 Å². The van der Waals surface area contributed by atoms with Crippen molar-refractivity contribution in [3.05, 3.63) is 18.0 Å². The Morgan fingerprint density at radius 2 is 2.00 bits per heavy atom. The number of nitrogens with zero attached hydrogens (tertiary/aromatic N) is 1. The summed E-state index contributed by atoms with van der Waals surface area (Å²) >= 11 is 0. The largest absolute Gasteiger partial charge is 0.349 e. The van der Waals surface area contributed by atoms with Crippen LogP contribution in [0.5, 0.6) is 0 Å². The highest BCUT2D eigenvalue weighted by molar-refractivity contribution is 7.89. The molecule has 0 aliphatic heterocycles. The number of nitrogens with one attached hydrogen (secondary N) is 1. The molecule has 1 aromatic heterocycles. The van der Waals surface area contributed by atoms with Gasteiger partial charge in [0.1, 0.15) is 0 Å². The summed E-state index contributed by atoms with van der Waals surface area (Å²) in [5.41, 5.74) is 6.57. The van der Waals surface area contributed by atoms with E-state index in [1.165, 1.54) is 0 Å². The summed E-state index contributed by atoms with van der Waals surface area (Å²) in [6.07, 6.45) is 6.71. The summed E-state index contributed by atoms with van der Waals surface area (Å²) in [6, 6.07) is 1.77. The Morgan fingerprint density at radius 1 is 1.33 bits per heavy atom. The monoisotopic (exact) mass is 313 g/mol. The minimum Gasteiger partial charge on any atom is -0.349 e. The van der Waals surface area contributed by atoms with E-state index in [0.29, 0.717) is 17.4 Å². The number of aromatic nitrogens is 1. The maximum absolute atomic E-state index is 12.5. The van der Waals surface area contributed by atoms with E-state index in [0.717, 1.165) is 44.3 Å². The van der Waals surface area contributed by atoms with Crippen LogP contribution < -0.4 is 10.5 Å². The van der Waals surface area contributed by atoms with E-state index in [-0.39, 0.29) is 6.04 Å². The van der Waals surface area contributed by atoms with E-state index < -0.39 is 10.0 Å². The van der Waals surface area contributed by atoms with Crippen molar-refractivity contribution in [1.29, 1.82) is 0 Å². The molecule has 0 atom stereocenters. The van der Waals surface area contributed by atoms with Gasteiger partial charge in [-0.1, -0.05) is 13.8 Å². The molecule has 1 fully saturated rings. The maximum atomic E-state index is 12.5. The lowest BCUT2D eigenvalue weighted by atomic mass is 9.88. The van der Waals surface area contributed by atoms with Crippen LogP contribution in [0.15, 0.2) is 17.2 Å². The molecule has 21 heavy (non-hydrogen) atoms. The molecule has 1 aromatic rings. The van der Waals surface area contributed by atoms with Gasteiger partial charge in [-0.2, -0.15) is 0 Å². The average molecular weight is 313 g/mol. The number of nitrogens with two attached hydrogens (primary N) is 1. The second kappa shape index (κ2) is 6.94. The second-order valence-corrected chi connectivity index (χ2v) is 7.86. The molecule has 0 aromatic carbocycles. The fraction of sp³-hybridized carbons (Fsp3) is 0.733. The third-order valence-electron chi connectivity index (χ3n) is 4.28. The molecule has 120 valence electrons. The van der Waals surface area contributed by atoms with Crippen molar-refractivity contribution >= 4 is 10.0 Å². The summed E-state index contributed by atoms with van der Waals surface area (Å²) < 4.78 is 29.8. The van der Waals surface area contributed by atoms with Gasteiger partial charge in [0.05, 0.1) is 4.90 Å². The molecule has 0 unspecified atom stereocenters. The van der Waals surface area contributed by atoms with Crippen LogP contribution in [0.1, 0.15) is 51.6 Å². The highest BCUT2D eigenvalue weighted by Gasteiger charge is 2.25. The molecule has 1 saturated carbocycles. The molecule has 1 aliphatic carbocycles. The van der Waals surface area contributed by atoms with Crippen molar-refractivity contribution in [2.75, 3.05) is 0 Å². The van der Waals surface area contributed by atoms with E-state index in [1.54, 1.807) is 12.3 Å². The van der Waals surface area contributed by atoms with E-state index >= 15 is 0 Å². The Morgan fingerprint density at radius 3 is 2.57 bits per heavy atom. The van der Waals surface area contributed by atoms with Gasteiger partial charge in [-0.05, 0) is 44.1 Å². The quantitative estimate of drug-likeness (QED) is 0.845. The first-order valence-corrected chi connectivity index (χ1v) is 9.36. The molecule has 0 bridgehead atoms. The molecule has 1 heterocycles. The lowest BCUT2D eigenvalue weighted by Crippen LogP contribution is -2.37. The minimum absolute atomic E-state index is 0.0713. The van der Waals surface area contributed by atoms with Gasteiger partial charge in [-0.15, -0.1) is 0 Å². The van der Waals surface area contributed by atoms with Crippen molar-refractivity contribution in [3.8, 4) is 0 Å². The first-order chi connectivity index (χ1) is 9.96. The van der Waals surface area contributed by atoms with Gasteiger partial charge in [0, 0.05) is 31.0 Å². The first kappa shape index (κ1) is 16.5. The molecule has 5 nitrogen and oxygen atoms in total. The van der Waals surface area contributed by atoms with E-state index in [9.17, 15) is 8.42 Å². The topological polar surface area (TPSA) is 77.1 Å². The zero-order valence-corrected chi connectivity index (χ0v) is 13.8. The summed E-state index contributed by atoms with van der Waals surface area (Å²) in [6.45, 7) is 5.44. The van der Waals surface area contributed by atoms with Crippen molar-refractivity contribution < 1.29 is 8.42 Å². The van der Waals surface area contributed by atoms with Gasteiger partial charge in [0.25, 0.3) is 0 Å². The van der Waals surface area contributed by atoms with Crippen LogP contribution in [-0.2, 0) is 23.1 Å². The Balaban J connectivity index is 2.12. The van der Waals surface area contributed by atoms with E-state index in [4.69, 9.17) is 5.73 Å². The molecule has 1 aliphatic rings. The SMILES string of the molecule is CCCn1cc(S(=O)(=O)NC2CCC(C)CC2)cc1CN. The average Bonchev–Trinajstić information content (AvgIpc) is 2.86. The van der Waals surface area contributed by atoms with E-state index in [1.807, 2.05) is 4.57 Å². The maximum Gasteiger partial charge on any atom is 0.242 e. The lowest BCUT2D eigenvalue weighted by Gasteiger charge is -2.26. The van der Waals surface area contributed by atoms with Gasteiger partial charge < -0.3 is 10.3 Å². The normalized spacial score (nSPS) is 23.4. The number of aryl methyl sites for hydroxylation is 1. The van der Waals surface area contributed by atoms with Crippen LogP contribution in [-0.4, -0.2) is 19.0 Å². The molecule has 3 N–H and O–H groups in total. The van der Waals surface area contributed by atoms with Gasteiger partial charge in [-0.25, -0.2) is 13.1 Å². The smallest absolute Gasteiger partial charge is 0.242 e. The van der Waals surface area contributed by atoms with Crippen molar-refractivity contribution in [1.82, 2.24) is 9.29 Å². The molecule has 2 rings (SSSR count). The third kappa shape index (κ3) is 4.08. The van der Waals surface area contributed by atoms with Crippen LogP contribution >= 0.6 is 0 Å². The van der Waals surface area contributed by atoms with Crippen molar-refractivity contribution in [2.24, 2.45) is 11.7 Å². The summed E-state index contributed by atoms with van der Waals surface area (Å²) in [7, 11) is -3.43. The van der Waals surface area contributed by atoms with Crippen LogP contribution in [0.4, 0.5) is 0 Å². The number of sulfonamides is 1. The molecule has 6 heteroatoms. The molecule has 0 saturated heterocycles. The van der Waals surface area contributed by atoms with Crippen molar-refractivity contribution in [2.45, 2.75) is 70.0 Å². The van der Waals surface area contributed by atoms with Crippen molar-refractivity contribution in [3.63, 3.8) is 0 Å². The Labute approximate surface area is 128 Å². The van der Waals surface area contributed by atoms with Gasteiger partial charge >= 0.3 is 0 Å². The molecular weight excluding hydrogens is 286 g/mol. The summed E-state index contributed by atoms with van der Waals surface area (Å²) in [5.74, 6) is 0.709. The second-order valence-electron chi connectivity index (χ2n) is 6.14. The van der Waals surface area contributed by atoms with Crippen LogP contribution in [0.25, 0.3) is 0 Å². The van der Waals surface area contributed by atoms with Crippen LogP contribution in [0.3, 0.4) is 0 Å². The predicted molar refractivity (Wildman–Crippen MR) is 84.4 cm³/mol. The highest BCUT2D eigenvalue weighted by Crippen LogP contribution is 2.25. The highest BCUT2D eigenvalue weighted by atomic mass is 32.2.